The lowest BCUT2D eigenvalue weighted by atomic mass is 10.1. The molecule has 2 amide bonds. The fourth-order valence-electron chi connectivity index (χ4n) is 2.06. The topological polar surface area (TPSA) is 59.0 Å². The summed E-state index contributed by atoms with van der Waals surface area (Å²) in [5, 5.41) is 9.96. The van der Waals surface area contributed by atoms with Crippen LogP contribution in [0.2, 0.25) is 0 Å². The highest BCUT2D eigenvalue weighted by Gasteiger charge is 2.23. The largest absolute Gasteiger partial charge is 0.335 e. The molecule has 1 fully saturated rings. The van der Waals surface area contributed by atoms with E-state index in [0.29, 0.717) is 6.04 Å². The Morgan fingerprint density at radius 3 is 2.90 bits per heavy atom. The Kier molecular flexibility index (Phi) is 3.48. The second kappa shape index (κ2) is 5.28. The Bertz CT molecular complexity index is 629. The van der Waals surface area contributed by atoms with E-state index >= 15 is 0 Å². The highest BCUT2D eigenvalue weighted by Crippen LogP contribution is 2.29. The van der Waals surface area contributed by atoms with E-state index in [1.807, 2.05) is 31.3 Å². The number of urea groups is 1. The minimum absolute atomic E-state index is 0.145. The maximum atomic E-state index is 11.7. The monoisotopic (exact) mass is 334 g/mol. The van der Waals surface area contributed by atoms with Crippen LogP contribution in [0.5, 0.6) is 0 Å². The molecule has 1 aliphatic carbocycles. The van der Waals surface area contributed by atoms with E-state index in [1.54, 1.807) is 10.9 Å². The summed E-state index contributed by atoms with van der Waals surface area (Å²) in [6, 6.07) is 7.93. The number of amides is 2. The molecule has 2 aromatic rings. The van der Waals surface area contributed by atoms with E-state index < -0.39 is 0 Å². The van der Waals surface area contributed by atoms with Gasteiger partial charge in [0.1, 0.15) is 0 Å². The first-order chi connectivity index (χ1) is 9.63. The molecule has 1 aliphatic rings. The van der Waals surface area contributed by atoms with Gasteiger partial charge in [0.2, 0.25) is 0 Å². The van der Waals surface area contributed by atoms with Crippen LogP contribution in [0.4, 0.5) is 10.5 Å². The summed E-state index contributed by atoms with van der Waals surface area (Å²) < 4.78 is 2.73. The average Bonchev–Trinajstić information content (AvgIpc) is 3.14. The molecule has 2 N–H and O–H groups in total. The van der Waals surface area contributed by atoms with Crippen LogP contribution in [-0.2, 0) is 7.05 Å². The minimum Gasteiger partial charge on any atom is -0.335 e. The molecular formula is C14H15BrN4O. The number of nitrogens with zero attached hydrogens (tertiary/aromatic N) is 2. The first-order valence-corrected chi connectivity index (χ1v) is 7.28. The number of carbonyl (C=O) groups excluding carboxylic acids is 1. The van der Waals surface area contributed by atoms with Gasteiger partial charge in [0, 0.05) is 24.3 Å². The van der Waals surface area contributed by atoms with E-state index in [1.165, 1.54) is 0 Å². The summed E-state index contributed by atoms with van der Waals surface area (Å²) in [6.07, 6.45) is 3.92. The van der Waals surface area contributed by atoms with Crippen LogP contribution in [0, 0.1) is 0 Å². The van der Waals surface area contributed by atoms with Crippen molar-refractivity contribution >= 4 is 27.6 Å². The molecule has 1 saturated carbocycles. The van der Waals surface area contributed by atoms with Crippen molar-refractivity contribution in [3.8, 4) is 11.3 Å². The molecular weight excluding hydrogens is 320 g/mol. The quantitative estimate of drug-likeness (QED) is 0.905. The maximum Gasteiger partial charge on any atom is 0.319 e. The number of rotatable bonds is 3. The van der Waals surface area contributed by atoms with Crippen molar-refractivity contribution in [2.24, 2.45) is 7.05 Å². The highest BCUT2D eigenvalue weighted by molar-refractivity contribution is 9.10. The van der Waals surface area contributed by atoms with Gasteiger partial charge < -0.3 is 10.6 Å². The summed E-state index contributed by atoms with van der Waals surface area (Å²) in [6.45, 7) is 0. The van der Waals surface area contributed by atoms with Crippen molar-refractivity contribution in [3.05, 3.63) is 34.9 Å². The second-order valence-electron chi connectivity index (χ2n) is 4.92. The van der Waals surface area contributed by atoms with Gasteiger partial charge in [-0.15, -0.1) is 0 Å². The molecule has 0 radical (unpaired) electrons. The molecule has 0 saturated heterocycles. The van der Waals surface area contributed by atoms with E-state index in [9.17, 15) is 4.79 Å². The number of halogens is 1. The standard InChI is InChI=1S/C14H15BrN4O/c1-19-13(12(15)8-16-19)9-3-2-4-11(7-9)18-14(20)17-10-5-6-10/h2-4,7-8,10H,5-6H2,1H3,(H2,17,18,20). The zero-order chi connectivity index (χ0) is 14.1. The Morgan fingerprint density at radius 1 is 1.45 bits per heavy atom. The summed E-state index contributed by atoms with van der Waals surface area (Å²) in [5.74, 6) is 0. The third-order valence-corrected chi connectivity index (χ3v) is 3.78. The normalized spacial score (nSPS) is 14.1. The van der Waals surface area contributed by atoms with Crippen molar-refractivity contribution in [2.75, 3.05) is 5.32 Å². The van der Waals surface area contributed by atoms with Crippen molar-refractivity contribution in [2.45, 2.75) is 18.9 Å². The van der Waals surface area contributed by atoms with Crippen LogP contribution in [0.3, 0.4) is 0 Å². The zero-order valence-electron chi connectivity index (χ0n) is 11.1. The van der Waals surface area contributed by atoms with Crippen LogP contribution < -0.4 is 10.6 Å². The lowest BCUT2D eigenvalue weighted by Crippen LogP contribution is -2.30. The minimum atomic E-state index is -0.145. The van der Waals surface area contributed by atoms with Crippen LogP contribution >= 0.6 is 15.9 Å². The van der Waals surface area contributed by atoms with E-state index in [-0.39, 0.29) is 6.03 Å². The Balaban J connectivity index is 1.80. The van der Waals surface area contributed by atoms with Gasteiger partial charge in [0.05, 0.1) is 16.4 Å². The molecule has 0 spiro atoms. The molecule has 1 aromatic carbocycles. The summed E-state index contributed by atoms with van der Waals surface area (Å²) >= 11 is 3.49. The second-order valence-corrected chi connectivity index (χ2v) is 5.77. The first kappa shape index (κ1) is 13.2. The maximum absolute atomic E-state index is 11.7. The molecule has 0 atom stereocenters. The van der Waals surface area contributed by atoms with Gasteiger partial charge >= 0.3 is 6.03 Å². The zero-order valence-corrected chi connectivity index (χ0v) is 12.6. The van der Waals surface area contributed by atoms with Crippen LogP contribution in [-0.4, -0.2) is 21.9 Å². The van der Waals surface area contributed by atoms with Gasteiger partial charge in [-0.2, -0.15) is 5.10 Å². The fraction of sp³-hybridized carbons (Fsp3) is 0.286. The van der Waals surface area contributed by atoms with Crippen molar-refractivity contribution in [1.82, 2.24) is 15.1 Å². The van der Waals surface area contributed by atoms with Crippen LogP contribution in [0.25, 0.3) is 11.3 Å². The number of benzene rings is 1. The number of aromatic nitrogens is 2. The number of aryl methyl sites for hydroxylation is 1. The Hall–Kier alpha value is -1.82. The summed E-state index contributed by atoms with van der Waals surface area (Å²) in [5.41, 5.74) is 2.76. The van der Waals surface area contributed by atoms with Crippen LogP contribution in [0.1, 0.15) is 12.8 Å². The van der Waals surface area contributed by atoms with Gasteiger partial charge in [-0.3, -0.25) is 4.68 Å². The van der Waals surface area contributed by atoms with E-state index in [4.69, 9.17) is 0 Å². The van der Waals surface area contributed by atoms with Gasteiger partial charge in [-0.25, -0.2) is 4.79 Å². The van der Waals surface area contributed by atoms with Gasteiger partial charge in [0.25, 0.3) is 0 Å². The number of hydrogen-bond donors (Lipinski definition) is 2. The van der Waals surface area contributed by atoms with Gasteiger partial charge in [-0.1, -0.05) is 12.1 Å². The molecule has 0 unspecified atom stereocenters. The highest BCUT2D eigenvalue weighted by atomic mass is 79.9. The van der Waals surface area contributed by atoms with Crippen molar-refractivity contribution in [3.63, 3.8) is 0 Å². The number of nitrogens with one attached hydrogen (secondary N) is 2. The molecule has 1 heterocycles. The lowest BCUT2D eigenvalue weighted by molar-refractivity contribution is 0.251. The average molecular weight is 335 g/mol. The van der Waals surface area contributed by atoms with E-state index in [2.05, 4.69) is 31.7 Å². The van der Waals surface area contributed by atoms with Crippen molar-refractivity contribution in [1.29, 1.82) is 0 Å². The van der Waals surface area contributed by atoms with Crippen molar-refractivity contribution < 1.29 is 4.79 Å². The van der Waals surface area contributed by atoms with Crippen LogP contribution in [0.15, 0.2) is 34.9 Å². The molecule has 0 aliphatic heterocycles. The molecule has 6 heteroatoms. The third-order valence-electron chi connectivity index (χ3n) is 3.20. The first-order valence-electron chi connectivity index (χ1n) is 6.49. The molecule has 1 aromatic heterocycles. The Labute approximate surface area is 125 Å². The molecule has 0 bridgehead atoms. The van der Waals surface area contributed by atoms with Gasteiger partial charge in [-0.05, 0) is 40.9 Å². The third kappa shape index (κ3) is 2.85. The Morgan fingerprint density at radius 2 is 2.25 bits per heavy atom. The molecule has 20 heavy (non-hydrogen) atoms. The molecule has 3 rings (SSSR count). The predicted octanol–water partition coefficient (Wildman–Crippen LogP) is 3.13. The smallest absolute Gasteiger partial charge is 0.319 e. The lowest BCUT2D eigenvalue weighted by Gasteiger charge is -2.09. The predicted molar refractivity (Wildman–Crippen MR) is 81.5 cm³/mol. The summed E-state index contributed by atoms with van der Waals surface area (Å²) in [7, 11) is 1.89. The SMILES string of the molecule is Cn1ncc(Br)c1-c1cccc(NC(=O)NC2CC2)c1. The molecule has 5 nitrogen and oxygen atoms in total. The van der Waals surface area contributed by atoms with E-state index in [0.717, 1.165) is 34.3 Å². The fourth-order valence-corrected chi connectivity index (χ4v) is 2.64. The number of hydrogen-bond acceptors (Lipinski definition) is 2. The number of anilines is 1. The molecule has 104 valence electrons. The van der Waals surface area contributed by atoms with Gasteiger partial charge in [0.15, 0.2) is 0 Å². The summed E-state index contributed by atoms with van der Waals surface area (Å²) in [4.78, 5) is 11.7. The number of carbonyl (C=O) groups is 1.